The number of aromatic hydroxyl groups is 1. The van der Waals surface area contributed by atoms with Crippen molar-refractivity contribution in [2.24, 2.45) is 4.99 Å². The number of aryl methyl sites for hydroxylation is 1. The van der Waals surface area contributed by atoms with Gasteiger partial charge in [-0.15, -0.1) is 0 Å². The lowest BCUT2D eigenvalue weighted by Gasteiger charge is -2.16. The highest BCUT2D eigenvalue weighted by Crippen LogP contribution is 2.40. The van der Waals surface area contributed by atoms with Crippen molar-refractivity contribution in [1.29, 1.82) is 0 Å². The maximum atomic E-state index is 12.5. The van der Waals surface area contributed by atoms with Gasteiger partial charge in [0.15, 0.2) is 5.96 Å². The van der Waals surface area contributed by atoms with Crippen LogP contribution in [0, 0.1) is 0 Å². The number of nitrogens with zero attached hydrogens (tertiary/aromatic N) is 1. The molecule has 0 radical (unpaired) electrons. The number of carbonyl (C=O) groups excluding carboxylic acids is 2. The molecule has 0 unspecified atom stereocenters. The summed E-state index contributed by atoms with van der Waals surface area (Å²) in [5.74, 6) is -1.60. The minimum Gasteiger partial charge on any atom is -0.506 e. The number of phenolic OH excluding ortho intramolecular Hbond substituents is 1. The second kappa shape index (κ2) is 11.7. The number of hydrogen-bond donors (Lipinski definition) is 6. The van der Waals surface area contributed by atoms with Crippen molar-refractivity contribution in [3.05, 3.63) is 51.0 Å². The highest BCUT2D eigenvalue weighted by molar-refractivity contribution is 9.10. The van der Waals surface area contributed by atoms with Crippen molar-refractivity contribution in [3.8, 4) is 5.75 Å². The summed E-state index contributed by atoms with van der Waals surface area (Å²) in [7, 11) is 0. The van der Waals surface area contributed by atoms with E-state index >= 15 is 0 Å². The number of halogens is 2. The number of carboxylic acids is 1. The molecule has 1 aliphatic rings. The number of aliphatic imine (C=N–C) groups is 1. The molecule has 34 heavy (non-hydrogen) atoms. The van der Waals surface area contributed by atoms with Crippen LogP contribution in [0.4, 0.5) is 11.4 Å². The summed E-state index contributed by atoms with van der Waals surface area (Å²) >= 11 is 9.39. The van der Waals surface area contributed by atoms with Crippen molar-refractivity contribution < 1.29 is 24.6 Å². The predicted octanol–water partition coefficient (Wildman–Crippen LogP) is 2.96. The molecule has 0 aliphatic carbocycles. The highest BCUT2D eigenvalue weighted by atomic mass is 79.9. The molecular formula is C22H23BrClN5O5. The molecule has 12 heteroatoms. The molecule has 180 valence electrons. The van der Waals surface area contributed by atoms with Crippen LogP contribution < -0.4 is 21.3 Å². The second-order valence-corrected chi connectivity index (χ2v) is 8.60. The molecule has 0 fully saturated rings. The van der Waals surface area contributed by atoms with Crippen LogP contribution in [0.1, 0.15) is 28.8 Å². The van der Waals surface area contributed by atoms with Crippen LogP contribution in [0.5, 0.6) is 5.75 Å². The molecule has 1 aliphatic heterocycles. The Balaban J connectivity index is 1.59. The predicted molar refractivity (Wildman–Crippen MR) is 133 cm³/mol. The number of carbonyl (C=O) groups is 3. The maximum absolute atomic E-state index is 12.5. The molecule has 0 aromatic heterocycles. The molecule has 10 nitrogen and oxygen atoms in total. The van der Waals surface area contributed by atoms with E-state index in [1.54, 1.807) is 24.3 Å². The number of phenols is 1. The average Bonchev–Trinajstić information content (AvgIpc) is 2.82. The summed E-state index contributed by atoms with van der Waals surface area (Å²) in [6, 6.07) is 8.17. The minimum absolute atomic E-state index is 0.0705. The van der Waals surface area contributed by atoms with Gasteiger partial charge >= 0.3 is 5.97 Å². The molecule has 1 heterocycles. The Morgan fingerprint density at radius 3 is 2.74 bits per heavy atom. The number of benzene rings is 2. The fourth-order valence-corrected chi connectivity index (χ4v) is 4.10. The molecule has 0 atom stereocenters. The van der Waals surface area contributed by atoms with Gasteiger partial charge in [-0.25, -0.2) is 0 Å². The summed E-state index contributed by atoms with van der Waals surface area (Å²) in [4.78, 5) is 40.0. The molecule has 0 saturated heterocycles. The number of anilines is 2. The zero-order valence-electron chi connectivity index (χ0n) is 18.0. The van der Waals surface area contributed by atoms with Gasteiger partial charge < -0.3 is 31.5 Å². The lowest BCUT2D eigenvalue weighted by Crippen LogP contribution is -2.35. The Morgan fingerprint density at radius 1 is 1.24 bits per heavy atom. The van der Waals surface area contributed by atoms with Crippen LogP contribution >= 0.6 is 27.5 Å². The molecule has 2 aromatic rings. The topological polar surface area (TPSA) is 152 Å². The van der Waals surface area contributed by atoms with Gasteiger partial charge in [0.25, 0.3) is 5.91 Å². The third-order valence-corrected chi connectivity index (χ3v) is 5.91. The number of carboxylic acid groups (broad SMARTS) is 1. The molecule has 3 rings (SSSR count). The summed E-state index contributed by atoms with van der Waals surface area (Å²) in [6.45, 7) is 1.22. The standard InChI is InChI=1S/C22H23BrClN5O5/c23-18-19(15(24)10-12(20(18)33)5-6-17(31)32)29-16(30)11-27-21(34)13-3-1-4-14(9-13)28-22-25-7-2-8-26-22/h1,3-4,9-10,33H,2,5-8,11H2,(H,27,34)(H,29,30)(H,31,32)(H2,25,26,28). The van der Waals surface area contributed by atoms with Gasteiger partial charge in [-0.05, 0) is 58.6 Å². The number of rotatable bonds is 8. The number of nitrogens with one attached hydrogen (secondary N) is 4. The molecular weight excluding hydrogens is 530 g/mol. The first-order valence-electron chi connectivity index (χ1n) is 10.4. The van der Waals surface area contributed by atoms with E-state index in [9.17, 15) is 19.5 Å². The highest BCUT2D eigenvalue weighted by Gasteiger charge is 2.18. The monoisotopic (exact) mass is 551 g/mol. The second-order valence-electron chi connectivity index (χ2n) is 7.40. The van der Waals surface area contributed by atoms with Gasteiger partial charge in [0, 0.05) is 30.8 Å². The average molecular weight is 553 g/mol. The smallest absolute Gasteiger partial charge is 0.303 e. The Labute approximate surface area is 208 Å². The van der Waals surface area contributed by atoms with Crippen LogP contribution in [0.3, 0.4) is 0 Å². The van der Waals surface area contributed by atoms with Crippen LogP contribution in [0.25, 0.3) is 0 Å². The minimum atomic E-state index is -1.01. The fourth-order valence-electron chi connectivity index (χ4n) is 3.14. The first kappa shape index (κ1) is 25.3. The Hall–Kier alpha value is -3.31. The van der Waals surface area contributed by atoms with Crippen molar-refractivity contribution >= 4 is 62.6 Å². The van der Waals surface area contributed by atoms with Gasteiger partial charge in [-0.3, -0.25) is 19.4 Å². The van der Waals surface area contributed by atoms with Crippen molar-refractivity contribution in [3.63, 3.8) is 0 Å². The third-order valence-electron chi connectivity index (χ3n) is 4.84. The summed E-state index contributed by atoms with van der Waals surface area (Å²) in [5, 5.41) is 30.6. The zero-order chi connectivity index (χ0) is 24.7. The lowest BCUT2D eigenvalue weighted by molar-refractivity contribution is -0.137. The molecule has 2 aromatic carbocycles. The maximum Gasteiger partial charge on any atom is 0.303 e. The van der Waals surface area contributed by atoms with E-state index in [2.05, 4.69) is 42.2 Å². The van der Waals surface area contributed by atoms with E-state index in [4.69, 9.17) is 16.7 Å². The van der Waals surface area contributed by atoms with E-state index in [1.165, 1.54) is 6.07 Å². The first-order chi connectivity index (χ1) is 16.2. The summed E-state index contributed by atoms with van der Waals surface area (Å²) in [5.41, 5.74) is 1.48. The van der Waals surface area contributed by atoms with Gasteiger partial charge in [0.05, 0.1) is 21.7 Å². The quantitative estimate of drug-likeness (QED) is 0.294. The van der Waals surface area contributed by atoms with Gasteiger partial charge in [-0.2, -0.15) is 0 Å². The van der Waals surface area contributed by atoms with Gasteiger partial charge in [0.2, 0.25) is 5.91 Å². The Bertz CT molecular complexity index is 1140. The van der Waals surface area contributed by atoms with Gasteiger partial charge in [0.1, 0.15) is 5.75 Å². The van der Waals surface area contributed by atoms with E-state index in [-0.39, 0.29) is 40.3 Å². The van der Waals surface area contributed by atoms with Crippen LogP contribution in [0.2, 0.25) is 5.02 Å². The summed E-state index contributed by atoms with van der Waals surface area (Å²) in [6.07, 6.45) is 0.850. The number of guanidine groups is 1. The van der Waals surface area contributed by atoms with Crippen molar-refractivity contribution in [2.45, 2.75) is 19.3 Å². The van der Waals surface area contributed by atoms with E-state index in [1.807, 2.05) is 0 Å². The molecule has 0 bridgehead atoms. The van der Waals surface area contributed by atoms with E-state index in [0.717, 1.165) is 19.5 Å². The van der Waals surface area contributed by atoms with E-state index in [0.29, 0.717) is 22.8 Å². The fraction of sp³-hybridized carbons (Fsp3) is 0.273. The van der Waals surface area contributed by atoms with Crippen LogP contribution in [0.15, 0.2) is 39.8 Å². The number of hydrogen-bond acceptors (Lipinski definition) is 7. The SMILES string of the molecule is O=C(O)CCc1cc(Cl)c(NC(=O)CNC(=O)c2cccc(NC3=NCCCN3)c2)c(Br)c1O. The molecule has 6 N–H and O–H groups in total. The zero-order valence-corrected chi connectivity index (χ0v) is 20.3. The Kier molecular flexibility index (Phi) is 8.72. The third kappa shape index (κ3) is 6.84. The molecule has 2 amide bonds. The normalized spacial score (nSPS) is 12.8. The number of amides is 2. The number of aliphatic carboxylic acids is 1. The van der Waals surface area contributed by atoms with Crippen LogP contribution in [-0.4, -0.2) is 53.6 Å². The first-order valence-corrected chi connectivity index (χ1v) is 11.6. The molecule has 0 saturated carbocycles. The largest absolute Gasteiger partial charge is 0.506 e. The summed E-state index contributed by atoms with van der Waals surface area (Å²) < 4.78 is 0.123. The Morgan fingerprint density at radius 2 is 2.03 bits per heavy atom. The van der Waals surface area contributed by atoms with Gasteiger partial charge in [-0.1, -0.05) is 17.7 Å². The van der Waals surface area contributed by atoms with Crippen molar-refractivity contribution in [1.82, 2.24) is 10.6 Å². The van der Waals surface area contributed by atoms with Crippen LogP contribution in [-0.2, 0) is 16.0 Å². The van der Waals surface area contributed by atoms with E-state index < -0.39 is 17.8 Å². The molecule has 0 spiro atoms. The van der Waals surface area contributed by atoms with Crippen molar-refractivity contribution in [2.75, 3.05) is 30.3 Å². The lowest BCUT2D eigenvalue weighted by atomic mass is 10.1.